The van der Waals surface area contributed by atoms with Crippen LogP contribution in [-0.2, 0) is 17.8 Å². The Kier molecular flexibility index (Phi) is 4.55. The number of aryl methyl sites for hydroxylation is 1. The molecule has 0 fully saturated rings. The van der Waals surface area contributed by atoms with Crippen LogP contribution in [0.15, 0.2) is 40.2 Å². The van der Waals surface area contributed by atoms with Crippen molar-refractivity contribution in [2.75, 3.05) is 0 Å². The Morgan fingerprint density at radius 3 is 2.83 bits per heavy atom. The predicted molar refractivity (Wildman–Crippen MR) is 78.7 cm³/mol. The summed E-state index contributed by atoms with van der Waals surface area (Å²) in [4.78, 5) is 12.9. The van der Waals surface area contributed by atoms with E-state index in [1.807, 2.05) is 43.3 Å². The van der Waals surface area contributed by atoms with Crippen molar-refractivity contribution in [3.05, 3.63) is 56.2 Å². The van der Waals surface area contributed by atoms with Crippen LogP contribution in [0.4, 0.5) is 0 Å². The van der Waals surface area contributed by atoms with Crippen molar-refractivity contribution in [2.24, 2.45) is 0 Å². The summed E-state index contributed by atoms with van der Waals surface area (Å²) >= 11 is 5.05. The van der Waals surface area contributed by atoms with Gasteiger partial charge in [0, 0.05) is 4.88 Å². The van der Waals surface area contributed by atoms with E-state index < -0.39 is 0 Å². The normalized spacial score (nSPS) is 10.3. The Morgan fingerprint density at radius 2 is 2.17 bits per heavy atom. The summed E-state index contributed by atoms with van der Waals surface area (Å²) in [5, 5.41) is 2.93. The fourth-order valence-corrected chi connectivity index (χ4v) is 3.13. The summed E-state index contributed by atoms with van der Waals surface area (Å²) in [6.07, 6.45) is 0.439. The molecule has 1 aromatic carbocycles. The topological polar surface area (TPSA) is 29.1 Å². The summed E-state index contributed by atoms with van der Waals surface area (Å²) in [6, 6.07) is 12.0. The van der Waals surface area contributed by atoms with E-state index in [9.17, 15) is 4.79 Å². The second-order valence-corrected chi connectivity index (χ2v) is 6.70. The maximum atomic E-state index is 11.8. The molecule has 0 unspecified atom stereocenters. The van der Waals surface area contributed by atoms with Crippen molar-refractivity contribution in [1.82, 2.24) is 5.32 Å². The highest BCUT2D eigenvalue weighted by atomic mass is 79.9. The fraction of sp³-hybridized carbons (Fsp3) is 0.214. The van der Waals surface area contributed by atoms with Gasteiger partial charge in [0.1, 0.15) is 0 Å². The molecule has 2 rings (SSSR count). The predicted octanol–water partition coefficient (Wildman–Crippen LogP) is 3.68. The summed E-state index contributed by atoms with van der Waals surface area (Å²) in [5.41, 5.74) is 2.24. The Labute approximate surface area is 119 Å². The molecule has 94 valence electrons. The molecule has 0 aliphatic carbocycles. The molecular formula is C14H14BrNOS. The zero-order chi connectivity index (χ0) is 13.0. The molecule has 1 aromatic heterocycles. The van der Waals surface area contributed by atoms with E-state index in [1.54, 1.807) is 11.3 Å². The van der Waals surface area contributed by atoms with Gasteiger partial charge in [-0.05, 0) is 40.5 Å². The van der Waals surface area contributed by atoms with Crippen molar-refractivity contribution < 1.29 is 4.79 Å². The first kappa shape index (κ1) is 13.3. The van der Waals surface area contributed by atoms with Crippen LogP contribution in [0.5, 0.6) is 0 Å². The molecule has 0 saturated carbocycles. The molecule has 2 nitrogen and oxygen atoms in total. The minimum absolute atomic E-state index is 0.0603. The number of rotatable bonds is 4. The molecule has 4 heteroatoms. The lowest BCUT2D eigenvalue weighted by Crippen LogP contribution is -2.24. The smallest absolute Gasteiger partial charge is 0.224 e. The monoisotopic (exact) mass is 323 g/mol. The SMILES string of the molecule is Cc1cccc(CC(=O)NCc2ccc(Br)s2)c1. The van der Waals surface area contributed by atoms with Gasteiger partial charge in [-0.2, -0.15) is 0 Å². The third kappa shape index (κ3) is 3.96. The van der Waals surface area contributed by atoms with Gasteiger partial charge in [-0.1, -0.05) is 29.8 Å². The number of carbonyl (C=O) groups excluding carboxylic acids is 1. The number of halogens is 1. The van der Waals surface area contributed by atoms with E-state index in [0.29, 0.717) is 13.0 Å². The first-order valence-corrected chi connectivity index (χ1v) is 7.31. The first-order valence-electron chi connectivity index (χ1n) is 5.70. The van der Waals surface area contributed by atoms with Gasteiger partial charge in [0.05, 0.1) is 16.8 Å². The molecule has 18 heavy (non-hydrogen) atoms. The van der Waals surface area contributed by atoms with Crippen molar-refractivity contribution in [1.29, 1.82) is 0 Å². The van der Waals surface area contributed by atoms with Gasteiger partial charge < -0.3 is 5.32 Å². The highest BCUT2D eigenvalue weighted by Crippen LogP contribution is 2.21. The van der Waals surface area contributed by atoms with Crippen LogP contribution in [0.1, 0.15) is 16.0 Å². The molecule has 0 saturated heterocycles. The van der Waals surface area contributed by atoms with Crippen LogP contribution < -0.4 is 5.32 Å². The highest BCUT2D eigenvalue weighted by Gasteiger charge is 2.04. The van der Waals surface area contributed by atoms with E-state index in [-0.39, 0.29) is 5.91 Å². The van der Waals surface area contributed by atoms with Gasteiger partial charge in [0.25, 0.3) is 0 Å². The second kappa shape index (κ2) is 6.16. The van der Waals surface area contributed by atoms with E-state index in [0.717, 1.165) is 14.2 Å². The Bertz CT molecular complexity index is 550. The number of hydrogen-bond donors (Lipinski definition) is 1. The van der Waals surface area contributed by atoms with Crippen LogP contribution in [0.25, 0.3) is 0 Å². The van der Waals surface area contributed by atoms with E-state index in [2.05, 4.69) is 21.2 Å². The third-order valence-electron chi connectivity index (χ3n) is 2.54. The average Bonchev–Trinajstić information content (AvgIpc) is 2.73. The fourth-order valence-electron chi connectivity index (χ4n) is 1.70. The number of amides is 1. The lowest BCUT2D eigenvalue weighted by molar-refractivity contribution is -0.120. The lowest BCUT2D eigenvalue weighted by Gasteiger charge is -2.04. The van der Waals surface area contributed by atoms with Crippen molar-refractivity contribution >= 4 is 33.2 Å². The quantitative estimate of drug-likeness (QED) is 0.913. The maximum absolute atomic E-state index is 11.8. The lowest BCUT2D eigenvalue weighted by atomic mass is 10.1. The largest absolute Gasteiger partial charge is 0.351 e. The minimum atomic E-state index is 0.0603. The van der Waals surface area contributed by atoms with Crippen LogP contribution in [0, 0.1) is 6.92 Å². The standard InChI is InChI=1S/C14H14BrNOS/c1-10-3-2-4-11(7-10)8-14(17)16-9-12-5-6-13(15)18-12/h2-7H,8-9H2,1H3,(H,16,17). The summed E-state index contributed by atoms with van der Waals surface area (Å²) < 4.78 is 1.09. The number of nitrogens with one attached hydrogen (secondary N) is 1. The molecule has 0 spiro atoms. The molecule has 0 bridgehead atoms. The van der Waals surface area contributed by atoms with Crippen LogP contribution in [0.3, 0.4) is 0 Å². The molecule has 0 aliphatic heterocycles. The zero-order valence-electron chi connectivity index (χ0n) is 10.1. The summed E-state index contributed by atoms with van der Waals surface area (Å²) in [5.74, 6) is 0.0603. The molecule has 1 N–H and O–H groups in total. The number of benzene rings is 1. The number of carbonyl (C=O) groups is 1. The van der Waals surface area contributed by atoms with Gasteiger partial charge in [-0.15, -0.1) is 11.3 Å². The Hall–Kier alpha value is -1.13. The van der Waals surface area contributed by atoms with Crippen LogP contribution >= 0.6 is 27.3 Å². The van der Waals surface area contributed by atoms with Gasteiger partial charge in [-0.3, -0.25) is 4.79 Å². The highest BCUT2D eigenvalue weighted by molar-refractivity contribution is 9.11. The van der Waals surface area contributed by atoms with Gasteiger partial charge in [0.15, 0.2) is 0 Å². The van der Waals surface area contributed by atoms with Gasteiger partial charge >= 0.3 is 0 Å². The number of thiophene rings is 1. The van der Waals surface area contributed by atoms with Gasteiger partial charge in [0.2, 0.25) is 5.91 Å². The van der Waals surface area contributed by atoms with Crippen molar-refractivity contribution in [2.45, 2.75) is 19.9 Å². The molecule has 1 heterocycles. The molecule has 1 amide bonds. The average molecular weight is 324 g/mol. The van der Waals surface area contributed by atoms with Gasteiger partial charge in [-0.25, -0.2) is 0 Å². The molecule has 2 aromatic rings. The van der Waals surface area contributed by atoms with Crippen molar-refractivity contribution in [3.63, 3.8) is 0 Å². The second-order valence-electron chi connectivity index (χ2n) is 4.15. The Morgan fingerprint density at radius 1 is 1.33 bits per heavy atom. The molecule has 0 radical (unpaired) electrons. The zero-order valence-corrected chi connectivity index (χ0v) is 12.5. The maximum Gasteiger partial charge on any atom is 0.224 e. The third-order valence-corrected chi connectivity index (χ3v) is 4.16. The van der Waals surface area contributed by atoms with Crippen molar-refractivity contribution in [3.8, 4) is 0 Å². The van der Waals surface area contributed by atoms with Crippen LogP contribution in [0.2, 0.25) is 0 Å². The summed E-state index contributed by atoms with van der Waals surface area (Å²) in [6.45, 7) is 2.63. The first-order chi connectivity index (χ1) is 8.63. The summed E-state index contributed by atoms with van der Waals surface area (Å²) in [7, 11) is 0. The van der Waals surface area contributed by atoms with Crippen LogP contribution in [-0.4, -0.2) is 5.91 Å². The minimum Gasteiger partial charge on any atom is -0.351 e. The van der Waals surface area contributed by atoms with E-state index in [1.165, 1.54) is 5.56 Å². The van der Waals surface area contributed by atoms with E-state index in [4.69, 9.17) is 0 Å². The molecular weight excluding hydrogens is 310 g/mol. The Balaban J connectivity index is 1.85. The molecule has 0 aliphatic rings. The van der Waals surface area contributed by atoms with E-state index >= 15 is 0 Å². The number of hydrogen-bond acceptors (Lipinski definition) is 2. The molecule has 0 atom stereocenters.